The molecule has 1 aliphatic rings. The summed E-state index contributed by atoms with van der Waals surface area (Å²) < 4.78 is 35.3. The number of β-amino-alcohol motifs (C(OH)–C–C–N with tert-alkyl or cyclic N) is 1. The van der Waals surface area contributed by atoms with Crippen LogP contribution in [0.25, 0.3) is 0 Å². The first kappa shape index (κ1) is 12.3. The van der Waals surface area contributed by atoms with E-state index < -0.39 is 24.6 Å². The first-order valence-electron chi connectivity index (χ1n) is 4.61. The zero-order chi connectivity index (χ0) is 11.5. The van der Waals surface area contributed by atoms with Crippen molar-refractivity contribution in [2.75, 3.05) is 19.6 Å². The van der Waals surface area contributed by atoms with E-state index in [4.69, 9.17) is 0 Å². The number of alkyl halides is 3. The van der Waals surface area contributed by atoms with Gasteiger partial charge in [-0.1, -0.05) is 0 Å². The Kier molecular flexibility index (Phi) is 3.92. The first-order chi connectivity index (χ1) is 6.88. The van der Waals surface area contributed by atoms with Gasteiger partial charge in [-0.15, -0.1) is 0 Å². The van der Waals surface area contributed by atoms with E-state index in [1.54, 1.807) is 0 Å². The number of hydrogen-bond donors (Lipinski definition) is 3. The van der Waals surface area contributed by atoms with Gasteiger partial charge in [0.2, 0.25) is 5.91 Å². The summed E-state index contributed by atoms with van der Waals surface area (Å²) in [4.78, 5) is 10.8. The lowest BCUT2D eigenvalue weighted by molar-refractivity contribution is -0.153. The van der Waals surface area contributed by atoms with Crippen molar-refractivity contribution in [3.63, 3.8) is 0 Å². The molecule has 3 N–H and O–H groups in total. The van der Waals surface area contributed by atoms with Gasteiger partial charge in [-0.05, 0) is 0 Å². The van der Waals surface area contributed by atoms with E-state index in [-0.39, 0.29) is 12.5 Å². The van der Waals surface area contributed by atoms with Crippen LogP contribution in [0.2, 0.25) is 0 Å². The SMILES string of the molecule is O=C(CC(F)(F)F)NCC1CNCC1O. The van der Waals surface area contributed by atoms with Crippen molar-refractivity contribution in [1.82, 2.24) is 10.6 Å². The maximum absolute atomic E-state index is 11.8. The molecule has 2 atom stereocenters. The van der Waals surface area contributed by atoms with Crippen molar-refractivity contribution in [2.45, 2.75) is 18.7 Å². The summed E-state index contributed by atoms with van der Waals surface area (Å²) in [6.45, 7) is 0.996. The Labute approximate surface area is 84.8 Å². The molecule has 0 aromatic carbocycles. The molecule has 1 rings (SSSR count). The largest absolute Gasteiger partial charge is 0.397 e. The van der Waals surface area contributed by atoms with Crippen molar-refractivity contribution >= 4 is 5.91 Å². The van der Waals surface area contributed by atoms with Crippen LogP contribution < -0.4 is 10.6 Å². The molecule has 0 aromatic rings. The van der Waals surface area contributed by atoms with Crippen LogP contribution >= 0.6 is 0 Å². The van der Waals surface area contributed by atoms with Crippen LogP contribution in [0.1, 0.15) is 6.42 Å². The number of halogens is 3. The number of nitrogens with one attached hydrogen (secondary N) is 2. The van der Waals surface area contributed by atoms with E-state index in [2.05, 4.69) is 10.6 Å². The lowest BCUT2D eigenvalue weighted by Gasteiger charge is -2.14. The highest BCUT2D eigenvalue weighted by Gasteiger charge is 2.32. The molecule has 0 aliphatic carbocycles. The molecule has 1 amide bonds. The molecule has 0 saturated carbocycles. The second-order valence-electron chi connectivity index (χ2n) is 3.58. The van der Waals surface area contributed by atoms with Crippen LogP contribution in [0.15, 0.2) is 0 Å². The minimum atomic E-state index is -4.48. The van der Waals surface area contributed by atoms with Gasteiger partial charge in [-0.25, -0.2) is 0 Å². The molecule has 1 heterocycles. The smallest absolute Gasteiger partial charge is 0.391 e. The molecule has 4 nitrogen and oxygen atoms in total. The zero-order valence-corrected chi connectivity index (χ0v) is 7.97. The molecule has 0 spiro atoms. The molecule has 88 valence electrons. The molecule has 15 heavy (non-hydrogen) atoms. The van der Waals surface area contributed by atoms with Crippen molar-refractivity contribution < 1.29 is 23.1 Å². The molecule has 1 saturated heterocycles. The Morgan fingerprint density at radius 2 is 2.13 bits per heavy atom. The highest BCUT2D eigenvalue weighted by molar-refractivity contribution is 5.76. The number of rotatable bonds is 3. The predicted octanol–water partition coefficient (Wildman–Crippen LogP) is -0.365. The van der Waals surface area contributed by atoms with E-state index in [0.717, 1.165) is 0 Å². The molecule has 1 fully saturated rings. The molecule has 2 unspecified atom stereocenters. The predicted molar refractivity (Wildman–Crippen MR) is 46.0 cm³/mol. The van der Waals surface area contributed by atoms with Gasteiger partial charge in [0.1, 0.15) is 6.42 Å². The maximum atomic E-state index is 11.8. The Balaban J connectivity index is 2.22. The normalized spacial score (nSPS) is 26.7. The fraction of sp³-hybridized carbons (Fsp3) is 0.875. The lowest BCUT2D eigenvalue weighted by Crippen LogP contribution is -2.36. The minimum Gasteiger partial charge on any atom is -0.391 e. The third kappa shape index (κ3) is 4.48. The van der Waals surface area contributed by atoms with Gasteiger partial charge in [0.05, 0.1) is 6.10 Å². The van der Waals surface area contributed by atoms with E-state index in [0.29, 0.717) is 13.1 Å². The van der Waals surface area contributed by atoms with Crippen LogP contribution in [-0.4, -0.2) is 42.9 Å². The Bertz CT molecular complexity index is 232. The summed E-state index contributed by atoms with van der Waals surface area (Å²) in [7, 11) is 0. The molecule has 0 bridgehead atoms. The highest BCUT2D eigenvalue weighted by Crippen LogP contribution is 2.19. The van der Waals surface area contributed by atoms with Crippen molar-refractivity contribution in [3.8, 4) is 0 Å². The van der Waals surface area contributed by atoms with E-state index in [9.17, 15) is 23.1 Å². The van der Waals surface area contributed by atoms with Gasteiger partial charge in [0.15, 0.2) is 0 Å². The summed E-state index contributed by atoms with van der Waals surface area (Å²) in [6.07, 6.45) is -6.55. The Hall–Kier alpha value is -0.820. The number of amides is 1. The average Bonchev–Trinajstić information content (AvgIpc) is 2.44. The van der Waals surface area contributed by atoms with E-state index in [1.807, 2.05) is 0 Å². The van der Waals surface area contributed by atoms with Gasteiger partial charge in [-0.3, -0.25) is 4.79 Å². The summed E-state index contributed by atoms with van der Waals surface area (Å²) in [6, 6.07) is 0. The van der Waals surface area contributed by atoms with Gasteiger partial charge >= 0.3 is 6.18 Å². The van der Waals surface area contributed by atoms with Crippen LogP contribution in [0.5, 0.6) is 0 Å². The zero-order valence-electron chi connectivity index (χ0n) is 7.97. The topological polar surface area (TPSA) is 61.4 Å². The molecular weight excluding hydrogens is 213 g/mol. The molecule has 0 radical (unpaired) electrons. The third-order valence-corrected chi connectivity index (χ3v) is 2.23. The fourth-order valence-electron chi connectivity index (χ4n) is 1.42. The third-order valence-electron chi connectivity index (χ3n) is 2.23. The Morgan fingerprint density at radius 3 is 2.60 bits per heavy atom. The second kappa shape index (κ2) is 4.80. The van der Waals surface area contributed by atoms with Crippen LogP contribution in [0.4, 0.5) is 13.2 Å². The summed E-state index contributed by atoms with van der Waals surface area (Å²) in [5.41, 5.74) is 0. The van der Waals surface area contributed by atoms with E-state index in [1.165, 1.54) is 0 Å². The van der Waals surface area contributed by atoms with Gasteiger partial charge in [0, 0.05) is 25.6 Å². The lowest BCUT2D eigenvalue weighted by atomic mass is 10.1. The van der Waals surface area contributed by atoms with Gasteiger partial charge in [0.25, 0.3) is 0 Å². The number of aliphatic hydroxyl groups is 1. The Morgan fingerprint density at radius 1 is 1.47 bits per heavy atom. The van der Waals surface area contributed by atoms with Crippen LogP contribution in [0, 0.1) is 5.92 Å². The van der Waals surface area contributed by atoms with Crippen LogP contribution in [-0.2, 0) is 4.79 Å². The maximum Gasteiger partial charge on any atom is 0.397 e. The number of hydrogen-bond acceptors (Lipinski definition) is 3. The summed E-state index contributed by atoms with van der Waals surface area (Å²) >= 11 is 0. The van der Waals surface area contributed by atoms with Crippen LogP contribution in [0.3, 0.4) is 0 Å². The monoisotopic (exact) mass is 226 g/mol. The minimum absolute atomic E-state index is 0.0725. The molecular formula is C8H13F3N2O2. The van der Waals surface area contributed by atoms with E-state index >= 15 is 0 Å². The van der Waals surface area contributed by atoms with Crippen molar-refractivity contribution in [2.24, 2.45) is 5.92 Å². The van der Waals surface area contributed by atoms with Gasteiger partial charge < -0.3 is 15.7 Å². The fourth-order valence-corrected chi connectivity index (χ4v) is 1.42. The number of aliphatic hydroxyl groups excluding tert-OH is 1. The highest BCUT2D eigenvalue weighted by atomic mass is 19.4. The molecule has 1 aliphatic heterocycles. The summed E-state index contributed by atoms with van der Waals surface area (Å²) in [5, 5.41) is 14.3. The quantitative estimate of drug-likeness (QED) is 0.615. The van der Waals surface area contributed by atoms with Gasteiger partial charge in [-0.2, -0.15) is 13.2 Å². The number of carbonyl (C=O) groups is 1. The number of carbonyl (C=O) groups excluding carboxylic acids is 1. The summed E-state index contributed by atoms with van der Waals surface area (Å²) in [5.74, 6) is -1.26. The first-order valence-corrected chi connectivity index (χ1v) is 4.61. The molecule has 0 aromatic heterocycles. The van der Waals surface area contributed by atoms with Crippen molar-refractivity contribution in [3.05, 3.63) is 0 Å². The second-order valence-corrected chi connectivity index (χ2v) is 3.58. The van der Waals surface area contributed by atoms with Crippen molar-refractivity contribution in [1.29, 1.82) is 0 Å². The average molecular weight is 226 g/mol. The standard InChI is InChI=1S/C8H13F3N2O2/c9-8(10,11)1-7(15)13-3-5-2-12-4-6(5)14/h5-6,12,14H,1-4H2,(H,13,15). The molecule has 7 heteroatoms.